The second kappa shape index (κ2) is 4.66. The Morgan fingerprint density at radius 2 is 2.06 bits per heavy atom. The summed E-state index contributed by atoms with van der Waals surface area (Å²) < 4.78 is 5.42. The van der Waals surface area contributed by atoms with Crippen molar-refractivity contribution in [2.24, 2.45) is 0 Å². The van der Waals surface area contributed by atoms with Crippen LogP contribution >= 0.6 is 0 Å². The Kier molecular flexibility index (Phi) is 3.05. The average Bonchev–Trinajstić information content (AvgIpc) is 2.34. The first-order valence-corrected chi connectivity index (χ1v) is 5.08. The summed E-state index contributed by atoms with van der Waals surface area (Å²) in [7, 11) is 0. The monoisotopic (exact) mass is 246 g/mol. The maximum absolute atomic E-state index is 10.7. The maximum atomic E-state index is 10.7. The number of ether oxygens (including phenoxy) is 1. The Morgan fingerprint density at radius 1 is 1.28 bits per heavy atom. The van der Waals surface area contributed by atoms with E-state index in [1.807, 2.05) is 0 Å². The average molecular weight is 246 g/mol. The molecule has 0 amide bonds. The molecule has 0 saturated carbocycles. The van der Waals surface area contributed by atoms with E-state index in [1.165, 1.54) is 18.2 Å². The quantitative estimate of drug-likeness (QED) is 0.656. The Morgan fingerprint density at radius 3 is 2.67 bits per heavy atom. The molecule has 7 nitrogen and oxygen atoms in total. The van der Waals surface area contributed by atoms with Gasteiger partial charge in [0, 0.05) is 12.1 Å². The molecule has 0 aliphatic rings. The molecule has 1 aromatic carbocycles. The van der Waals surface area contributed by atoms with E-state index >= 15 is 0 Å². The van der Waals surface area contributed by atoms with Gasteiger partial charge in [0.1, 0.15) is 11.6 Å². The molecule has 0 saturated heterocycles. The molecule has 2 rings (SSSR count). The number of aromatic nitrogens is 2. The van der Waals surface area contributed by atoms with Crippen LogP contribution in [0, 0.1) is 17.0 Å². The van der Waals surface area contributed by atoms with E-state index in [1.54, 1.807) is 19.1 Å². The Balaban J connectivity index is 2.30. The van der Waals surface area contributed by atoms with Crippen LogP contribution < -0.4 is 10.5 Å². The number of benzene rings is 1. The normalized spacial score (nSPS) is 10.1. The molecular formula is C11H10N4O3. The summed E-state index contributed by atoms with van der Waals surface area (Å²) >= 11 is 0. The summed E-state index contributed by atoms with van der Waals surface area (Å²) in [5.41, 5.74) is 6.12. The Labute approximate surface area is 102 Å². The van der Waals surface area contributed by atoms with Crippen LogP contribution in [-0.2, 0) is 0 Å². The van der Waals surface area contributed by atoms with Crippen molar-refractivity contribution in [3.63, 3.8) is 0 Å². The highest BCUT2D eigenvalue weighted by Gasteiger charge is 2.10. The first-order chi connectivity index (χ1) is 8.56. The third kappa shape index (κ3) is 2.51. The van der Waals surface area contributed by atoms with E-state index in [-0.39, 0.29) is 17.4 Å². The lowest BCUT2D eigenvalue weighted by atomic mass is 10.2. The molecule has 92 valence electrons. The number of aryl methyl sites for hydroxylation is 1. The van der Waals surface area contributed by atoms with Gasteiger partial charge < -0.3 is 10.5 Å². The molecule has 0 unspecified atom stereocenters. The second-order valence-electron chi connectivity index (χ2n) is 3.61. The van der Waals surface area contributed by atoms with Gasteiger partial charge in [-0.1, -0.05) is 0 Å². The predicted molar refractivity (Wildman–Crippen MR) is 64.4 cm³/mol. The van der Waals surface area contributed by atoms with Crippen LogP contribution in [0.2, 0.25) is 0 Å². The summed E-state index contributed by atoms with van der Waals surface area (Å²) in [5.74, 6) is 0.870. The molecule has 0 bridgehead atoms. The van der Waals surface area contributed by atoms with Gasteiger partial charge in [-0.05, 0) is 24.6 Å². The maximum Gasteiger partial charge on any atom is 0.273 e. The van der Waals surface area contributed by atoms with E-state index in [2.05, 4.69) is 10.2 Å². The second-order valence-corrected chi connectivity index (χ2v) is 3.61. The third-order valence-electron chi connectivity index (χ3n) is 2.26. The smallest absolute Gasteiger partial charge is 0.273 e. The van der Waals surface area contributed by atoms with Gasteiger partial charge in [-0.15, -0.1) is 10.2 Å². The van der Waals surface area contributed by atoms with Crippen LogP contribution in [-0.4, -0.2) is 15.1 Å². The lowest BCUT2D eigenvalue weighted by molar-refractivity contribution is -0.384. The summed E-state index contributed by atoms with van der Waals surface area (Å²) in [6.07, 6.45) is 0. The molecule has 0 aliphatic carbocycles. The van der Waals surface area contributed by atoms with E-state index < -0.39 is 4.92 Å². The van der Waals surface area contributed by atoms with Crippen LogP contribution in [0.1, 0.15) is 5.56 Å². The number of nitro groups is 1. The molecule has 0 atom stereocenters. The minimum Gasteiger partial charge on any atom is -0.437 e. The Hall–Kier alpha value is -2.70. The van der Waals surface area contributed by atoms with Crippen molar-refractivity contribution in [3.05, 3.63) is 46.0 Å². The van der Waals surface area contributed by atoms with Crippen molar-refractivity contribution in [2.45, 2.75) is 6.92 Å². The molecule has 7 heteroatoms. The van der Waals surface area contributed by atoms with Crippen LogP contribution in [0.4, 0.5) is 11.5 Å². The molecular weight excluding hydrogens is 236 g/mol. The van der Waals surface area contributed by atoms with Crippen molar-refractivity contribution in [2.75, 3.05) is 5.73 Å². The fourth-order valence-electron chi connectivity index (χ4n) is 1.31. The third-order valence-corrected chi connectivity index (χ3v) is 2.26. The molecule has 2 N–H and O–H groups in total. The molecule has 0 spiro atoms. The lowest BCUT2D eigenvalue weighted by Crippen LogP contribution is -1.96. The standard InChI is InChI=1S/C11H10N4O3/c1-7-2-3-8(15(16)17)6-9(7)18-11-5-4-10(12)13-14-11/h2-6H,1H3,(H2,12,13). The van der Waals surface area contributed by atoms with E-state index in [9.17, 15) is 10.1 Å². The van der Waals surface area contributed by atoms with Gasteiger partial charge in [-0.3, -0.25) is 10.1 Å². The van der Waals surface area contributed by atoms with Crippen LogP contribution in [0.25, 0.3) is 0 Å². The first kappa shape index (κ1) is 11.8. The minimum absolute atomic E-state index is 0.0426. The molecule has 0 fully saturated rings. The zero-order chi connectivity index (χ0) is 13.1. The van der Waals surface area contributed by atoms with Crippen molar-refractivity contribution >= 4 is 11.5 Å². The number of hydrogen-bond acceptors (Lipinski definition) is 6. The van der Waals surface area contributed by atoms with Gasteiger partial charge in [-0.25, -0.2) is 0 Å². The van der Waals surface area contributed by atoms with E-state index in [4.69, 9.17) is 10.5 Å². The highest BCUT2D eigenvalue weighted by Crippen LogP contribution is 2.27. The number of non-ortho nitro benzene ring substituents is 1. The minimum atomic E-state index is -0.485. The number of rotatable bonds is 3. The molecule has 1 aromatic heterocycles. The van der Waals surface area contributed by atoms with Crippen molar-refractivity contribution in [1.29, 1.82) is 0 Å². The molecule has 2 aromatic rings. The fourth-order valence-corrected chi connectivity index (χ4v) is 1.31. The zero-order valence-electron chi connectivity index (χ0n) is 9.53. The SMILES string of the molecule is Cc1ccc([N+](=O)[O-])cc1Oc1ccc(N)nn1. The summed E-state index contributed by atoms with van der Waals surface area (Å²) in [6, 6.07) is 7.44. The van der Waals surface area contributed by atoms with Gasteiger partial charge in [0.05, 0.1) is 11.0 Å². The number of hydrogen-bond donors (Lipinski definition) is 1. The summed E-state index contributed by atoms with van der Waals surface area (Å²) in [5, 5.41) is 18.0. The molecule has 0 radical (unpaired) electrons. The number of nitro benzene ring substituents is 1. The summed E-state index contributed by atoms with van der Waals surface area (Å²) in [6.45, 7) is 1.78. The van der Waals surface area contributed by atoms with Crippen LogP contribution in [0.15, 0.2) is 30.3 Å². The fraction of sp³-hybridized carbons (Fsp3) is 0.0909. The van der Waals surface area contributed by atoms with Crippen LogP contribution in [0.5, 0.6) is 11.6 Å². The first-order valence-electron chi connectivity index (χ1n) is 5.08. The van der Waals surface area contributed by atoms with Gasteiger partial charge in [-0.2, -0.15) is 0 Å². The van der Waals surface area contributed by atoms with Gasteiger partial charge in [0.2, 0.25) is 5.88 Å². The van der Waals surface area contributed by atoms with E-state index in [0.29, 0.717) is 5.75 Å². The number of anilines is 1. The largest absolute Gasteiger partial charge is 0.437 e. The van der Waals surface area contributed by atoms with Gasteiger partial charge in [0.15, 0.2) is 0 Å². The molecule has 1 heterocycles. The highest BCUT2D eigenvalue weighted by molar-refractivity contribution is 5.45. The van der Waals surface area contributed by atoms with Crippen molar-refractivity contribution in [1.82, 2.24) is 10.2 Å². The molecule has 0 aliphatic heterocycles. The topological polar surface area (TPSA) is 104 Å². The van der Waals surface area contributed by atoms with Gasteiger partial charge >= 0.3 is 0 Å². The van der Waals surface area contributed by atoms with Gasteiger partial charge in [0.25, 0.3) is 5.69 Å². The summed E-state index contributed by atoms with van der Waals surface area (Å²) in [4.78, 5) is 10.2. The molecule has 18 heavy (non-hydrogen) atoms. The number of nitrogens with zero attached hydrogens (tertiary/aromatic N) is 3. The van der Waals surface area contributed by atoms with Crippen LogP contribution in [0.3, 0.4) is 0 Å². The highest BCUT2D eigenvalue weighted by atomic mass is 16.6. The number of nitrogens with two attached hydrogens (primary N) is 1. The lowest BCUT2D eigenvalue weighted by Gasteiger charge is -2.06. The van der Waals surface area contributed by atoms with E-state index in [0.717, 1.165) is 5.56 Å². The Bertz CT molecular complexity index is 583. The predicted octanol–water partition coefficient (Wildman–Crippen LogP) is 2.07. The number of nitrogen functional groups attached to an aromatic ring is 1. The zero-order valence-corrected chi connectivity index (χ0v) is 9.53. The van der Waals surface area contributed by atoms with Crippen molar-refractivity contribution < 1.29 is 9.66 Å². The van der Waals surface area contributed by atoms with Crippen molar-refractivity contribution in [3.8, 4) is 11.6 Å².